The largest absolute Gasteiger partial charge is 0.508 e. The number of likely N-dealkylation sites (N-methyl/N-ethyl adjacent to an activating group) is 1. The summed E-state index contributed by atoms with van der Waals surface area (Å²) in [7, 11) is 3.26. The van der Waals surface area contributed by atoms with E-state index in [4.69, 9.17) is 4.74 Å². The summed E-state index contributed by atoms with van der Waals surface area (Å²) >= 11 is 0. The van der Waals surface area contributed by atoms with Gasteiger partial charge in [-0.1, -0.05) is 26.0 Å². The van der Waals surface area contributed by atoms with Crippen LogP contribution < -0.4 is 10.1 Å². The summed E-state index contributed by atoms with van der Waals surface area (Å²) in [5, 5.41) is 12.2. The van der Waals surface area contributed by atoms with Gasteiger partial charge < -0.3 is 20.1 Å². The monoisotopic (exact) mass is 370 g/mol. The standard InChI is InChI=1S/C21H26N2O4/c1-14(2)19(22-20(25)16-7-11-18(27-4)12-8-16)21(26)23(3)13-15-5-9-17(24)10-6-15/h5-12,14,19,24H,13H2,1-4H3,(H,22,25). The molecule has 6 heteroatoms. The number of phenolic OH excluding ortho intramolecular Hbond substituents is 1. The van der Waals surface area contributed by atoms with Gasteiger partial charge in [0.2, 0.25) is 5.91 Å². The Morgan fingerprint density at radius 1 is 1.07 bits per heavy atom. The highest BCUT2D eigenvalue weighted by Gasteiger charge is 2.27. The fourth-order valence-electron chi connectivity index (χ4n) is 2.67. The van der Waals surface area contributed by atoms with E-state index in [9.17, 15) is 14.7 Å². The lowest BCUT2D eigenvalue weighted by Crippen LogP contribution is -2.50. The lowest BCUT2D eigenvalue weighted by atomic mass is 10.0. The number of aromatic hydroxyl groups is 1. The summed E-state index contributed by atoms with van der Waals surface area (Å²) in [6.07, 6.45) is 0. The van der Waals surface area contributed by atoms with Gasteiger partial charge in [-0.25, -0.2) is 0 Å². The van der Waals surface area contributed by atoms with E-state index in [1.165, 1.54) is 0 Å². The molecule has 0 aliphatic heterocycles. The molecule has 2 N–H and O–H groups in total. The van der Waals surface area contributed by atoms with Crippen molar-refractivity contribution in [3.8, 4) is 11.5 Å². The number of hydrogen-bond acceptors (Lipinski definition) is 4. The van der Waals surface area contributed by atoms with Crippen molar-refractivity contribution in [3.05, 3.63) is 59.7 Å². The Bertz CT molecular complexity index is 770. The summed E-state index contributed by atoms with van der Waals surface area (Å²) < 4.78 is 5.09. The van der Waals surface area contributed by atoms with Crippen molar-refractivity contribution in [3.63, 3.8) is 0 Å². The number of carbonyl (C=O) groups excluding carboxylic acids is 2. The molecular weight excluding hydrogens is 344 g/mol. The predicted molar refractivity (Wildman–Crippen MR) is 104 cm³/mol. The molecule has 0 aliphatic carbocycles. The number of ether oxygens (including phenoxy) is 1. The third kappa shape index (κ3) is 5.48. The molecule has 2 aromatic carbocycles. The van der Waals surface area contributed by atoms with Crippen LogP contribution in [0, 0.1) is 5.92 Å². The van der Waals surface area contributed by atoms with Gasteiger partial charge >= 0.3 is 0 Å². The minimum absolute atomic E-state index is 0.0676. The molecule has 0 radical (unpaired) electrons. The van der Waals surface area contributed by atoms with E-state index in [1.54, 1.807) is 67.6 Å². The third-order valence-corrected chi connectivity index (χ3v) is 4.30. The van der Waals surface area contributed by atoms with E-state index in [0.717, 1.165) is 5.56 Å². The molecule has 1 unspecified atom stereocenters. The normalized spacial score (nSPS) is 11.7. The molecule has 0 heterocycles. The molecule has 0 saturated carbocycles. The van der Waals surface area contributed by atoms with E-state index < -0.39 is 6.04 Å². The number of nitrogens with one attached hydrogen (secondary N) is 1. The summed E-state index contributed by atoms with van der Waals surface area (Å²) in [6, 6.07) is 12.8. The Hall–Kier alpha value is -3.02. The number of hydrogen-bond donors (Lipinski definition) is 2. The predicted octanol–water partition coefficient (Wildman–Crippen LogP) is 2.81. The molecule has 0 spiro atoms. The molecule has 1 atom stereocenters. The second-order valence-electron chi connectivity index (χ2n) is 6.78. The lowest BCUT2D eigenvalue weighted by Gasteiger charge is -2.27. The van der Waals surface area contributed by atoms with Gasteiger partial charge in [0.05, 0.1) is 7.11 Å². The van der Waals surface area contributed by atoms with Gasteiger partial charge in [0.1, 0.15) is 17.5 Å². The van der Waals surface area contributed by atoms with E-state index in [0.29, 0.717) is 17.9 Å². The average Bonchev–Trinajstić information content (AvgIpc) is 2.67. The van der Waals surface area contributed by atoms with Crippen LogP contribution in [-0.2, 0) is 11.3 Å². The van der Waals surface area contributed by atoms with Crippen LogP contribution in [-0.4, -0.2) is 42.0 Å². The van der Waals surface area contributed by atoms with E-state index >= 15 is 0 Å². The minimum atomic E-state index is -0.637. The highest BCUT2D eigenvalue weighted by molar-refractivity contribution is 5.97. The van der Waals surface area contributed by atoms with Crippen molar-refractivity contribution in [2.75, 3.05) is 14.2 Å². The quantitative estimate of drug-likeness (QED) is 0.786. The maximum Gasteiger partial charge on any atom is 0.251 e. The number of amides is 2. The molecule has 27 heavy (non-hydrogen) atoms. The van der Waals surface area contributed by atoms with Crippen molar-refractivity contribution >= 4 is 11.8 Å². The van der Waals surface area contributed by atoms with Gasteiger partial charge in [-0.3, -0.25) is 9.59 Å². The van der Waals surface area contributed by atoms with E-state index in [-0.39, 0.29) is 23.5 Å². The lowest BCUT2D eigenvalue weighted by molar-refractivity contribution is -0.133. The summed E-state index contributed by atoms with van der Waals surface area (Å²) in [5.41, 5.74) is 1.36. The molecule has 2 amide bonds. The first-order chi connectivity index (χ1) is 12.8. The fourth-order valence-corrected chi connectivity index (χ4v) is 2.67. The maximum atomic E-state index is 12.9. The first kappa shape index (κ1) is 20.3. The molecule has 2 aromatic rings. The molecule has 0 aliphatic rings. The van der Waals surface area contributed by atoms with Crippen LogP contribution in [0.1, 0.15) is 29.8 Å². The minimum Gasteiger partial charge on any atom is -0.508 e. The van der Waals surface area contributed by atoms with Crippen molar-refractivity contribution < 1.29 is 19.4 Å². The molecule has 0 saturated heterocycles. The van der Waals surface area contributed by atoms with Gasteiger partial charge in [0, 0.05) is 19.2 Å². The van der Waals surface area contributed by atoms with Gasteiger partial charge in [-0.2, -0.15) is 0 Å². The van der Waals surface area contributed by atoms with Gasteiger partial charge in [-0.15, -0.1) is 0 Å². The van der Waals surface area contributed by atoms with E-state index in [1.807, 2.05) is 13.8 Å². The highest BCUT2D eigenvalue weighted by Crippen LogP contribution is 2.15. The highest BCUT2D eigenvalue weighted by atomic mass is 16.5. The van der Waals surface area contributed by atoms with Crippen molar-refractivity contribution in [2.24, 2.45) is 5.92 Å². The Labute approximate surface area is 159 Å². The topological polar surface area (TPSA) is 78.9 Å². The smallest absolute Gasteiger partial charge is 0.251 e. The second kappa shape index (κ2) is 9.07. The molecule has 0 aromatic heterocycles. The first-order valence-electron chi connectivity index (χ1n) is 8.79. The van der Waals surface area contributed by atoms with Crippen LogP contribution in [0.3, 0.4) is 0 Å². The van der Waals surface area contributed by atoms with Crippen molar-refractivity contribution in [2.45, 2.75) is 26.4 Å². The molecular formula is C21H26N2O4. The zero-order valence-electron chi connectivity index (χ0n) is 16.1. The Kier molecular flexibility index (Phi) is 6.82. The van der Waals surface area contributed by atoms with Gasteiger partial charge in [0.25, 0.3) is 5.91 Å². The molecule has 144 valence electrons. The van der Waals surface area contributed by atoms with Crippen LogP contribution in [0.15, 0.2) is 48.5 Å². The maximum absolute atomic E-state index is 12.9. The van der Waals surface area contributed by atoms with E-state index in [2.05, 4.69) is 5.32 Å². The SMILES string of the molecule is COc1ccc(C(=O)NC(C(=O)N(C)Cc2ccc(O)cc2)C(C)C)cc1. The Morgan fingerprint density at radius 2 is 1.67 bits per heavy atom. The van der Waals surface area contributed by atoms with Crippen LogP contribution in [0.2, 0.25) is 0 Å². The number of nitrogens with zero attached hydrogens (tertiary/aromatic N) is 1. The second-order valence-corrected chi connectivity index (χ2v) is 6.78. The van der Waals surface area contributed by atoms with Crippen molar-refractivity contribution in [1.29, 1.82) is 0 Å². The van der Waals surface area contributed by atoms with Crippen molar-refractivity contribution in [1.82, 2.24) is 10.2 Å². The number of carbonyl (C=O) groups is 2. The molecule has 0 bridgehead atoms. The molecule has 6 nitrogen and oxygen atoms in total. The third-order valence-electron chi connectivity index (χ3n) is 4.30. The summed E-state index contributed by atoms with van der Waals surface area (Å²) in [4.78, 5) is 27.0. The van der Waals surface area contributed by atoms with Crippen LogP contribution >= 0.6 is 0 Å². The number of methoxy groups -OCH3 is 1. The molecule has 0 fully saturated rings. The average molecular weight is 370 g/mol. The van der Waals surface area contributed by atoms with Crippen LogP contribution in [0.5, 0.6) is 11.5 Å². The Morgan fingerprint density at radius 3 is 2.19 bits per heavy atom. The van der Waals surface area contributed by atoms with Crippen LogP contribution in [0.25, 0.3) is 0 Å². The molecule has 2 rings (SSSR count). The van der Waals surface area contributed by atoms with Gasteiger partial charge in [-0.05, 0) is 47.9 Å². The van der Waals surface area contributed by atoms with Gasteiger partial charge in [0.15, 0.2) is 0 Å². The summed E-state index contributed by atoms with van der Waals surface area (Å²) in [5.74, 6) is 0.306. The zero-order valence-corrected chi connectivity index (χ0v) is 16.1. The fraction of sp³-hybridized carbons (Fsp3) is 0.333. The summed E-state index contributed by atoms with van der Waals surface area (Å²) in [6.45, 7) is 4.18. The zero-order chi connectivity index (χ0) is 20.0. The van der Waals surface area contributed by atoms with Crippen LogP contribution in [0.4, 0.5) is 0 Å². The Balaban J connectivity index is 2.06. The number of phenols is 1. The first-order valence-corrected chi connectivity index (χ1v) is 8.79. The number of benzene rings is 2. The number of rotatable bonds is 7.